The summed E-state index contributed by atoms with van der Waals surface area (Å²) in [5, 5.41) is 0. The fraction of sp³-hybridized carbons (Fsp3) is 0.533. The van der Waals surface area contributed by atoms with Gasteiger partial charge in [0, 0.05) is 28.4 Å². The van der Waals surface area contributed by atoms with E-state index in [1.165, 1.54) is 11.4 Å². The lowest BCUT2D eigenvalue weighted by Crippen LogP contribution is -2.21. The van der Waals surface area contributed by atoms with Crippen molar-refractivity contribution < 1.29 is 0 Å². The lowest BCUT2D eigenvalue weighted by molar-refractivity contribution is 0.498. The first kappa shape index (κ1) is 12.9. The van der Waals surface area contributed by atoms with E-state index in [2.05, 4.69) is 61.7 Å². The van der Waals surface area contributed by atoms with E-state index in [9.17, 15) is 0 Å². The molecule has 0 radical (unpaired) electrons. The van der Waals surface area contributed by atoms with Crippen molar-refractivity contribution in [3.8, 4) is 0 Å². The maximum absolute atomic E-state index is 4.37. The molecule has 98 valence electrons. The molecule has 0 aliphatic heterocycles. The standard InChI is InChI=1S/C15H23N3/c1-14(2,3)12-7-6-11(18-12)8-15(4,5)13-9-16-10-17-13/h6-7,9-10,18H,8H2,1-5H3,(H,16,17). The van der Waals surface area contributed by atoms with Crippen LogP contribution >= 0.6 is 0 Å². The van der Waals surface area contributed by atoms with Crippen molar-refractivity contribution in [3.05, 3.63) is 41.7 Å². The van der Waals surface area contributed by atoms with Crippen LogP contribution in [-0.4, -0.2) is 15.0 Å². The van der Waals surface area contributed by atoms with Gasteiger partial charge in [-0.15, -0.1) is 0 Å². The molecule has 2 rings (SSSR count). The minimum Gasteiger partial charge on any atom is -0.362 e. The van der Waals surface area contributed by atoms with Crippen LogP contribution in [0.25, 0.3) is 0 Å². The molecule has 2 heterocycles. The van der Waals surface area contributed by atoms with Gasteiger partial charge in [0.25, 0.3) is 0 Å². The second-order valence-electron chi connectivity index (χ2n) is 6.66. The lowest BCUT2D eigenvalue weighted by atomic mass is 9.85. The minimum atomic E-state index is 0.0417. The van der Waals surface area contributed by atoms with Crippen molar-refractivity contribution in [2.24, 2.45) is 0 Å². The number of nitrogens with one attached hydrogen (secondary N) is 2. The van der Waals surface area contributed by atoms with E-state index in [0.717, 1.165) is 12.1 Å². The van der Waals surface area contributed by atoms with Crippen LogP contribution in [0.1, 0.15) is 51.7 Å². The quantitative estimate of drug-likeness (QED) is 0.853. The summed E-state index contributed by atoms with van der Waals surface area (Å²) in [6.45, 7) is 11.1. The van der Waals surface area contributed by atoms with Crippen molar-refractivity contribution in [1.82, 2.24) is 15.0 Å². The Bertz CT molecular complexity index is 498. The molecule has 0 aromatic carbocycles. The monoisotopic (exact) mass is 245 g/mol. The number of aromatic nitrogens is 3. The second kappa shape index (κ2) is 4.30. The Morgan fingerprint density at radius 2 is 1.83 bits per heavy atom. The summed E-state index contributed by atoms with van der Waals surface area (Å²) in [6.07, 6.45) is 4.69. The van der Waals surface area contributed by atoms with E-state index >= 15 is 0 Å². The maximum Gasteiger partial charge on any atom is 0.0923 e. The van der Waals surface area contributed by atoms with Crippen molar-refractivity contribution in [1.29, 1.82) is 0 Å². The number of hydrogen-bond acceptors (Lipinski definition) is 1. The summed E-state index contributed by atoms with van der Waals surface area (Å²) in [7, 11) is 0. The van der Waals surface area contributed by atoms with E-state index in [1.807, 2.05) is 6.20 Å². The molecule has 0 bridgehead atoms. The van der Waals surface area contributed by atoms with Gasteiger partial charge in [-0.3, -0.25) is 0 Å². The zero-order valence-corrected chi connectivity index (χ0v) is 12.0. The minimum absolute atomic E-state index is 0.0417. The van der Waals surface area contributed by atoms with Gasteiger partial charge in [-0.2, -0.15) is 0 Å². The largest absolute Gasteiger partial charge is 0.362 e. The third kappa shape index (κ3) is 2.66. The normalized spacial score (nSPS) is 12.9. The van der Waals surface area contributed by atoms with Gasteiger partial charge in [0.2, 0.25) is 0 Å². The van der Waals surface area contributed by atoms with Gasteiger partial charge in [-0.25, -0.2) is 4.98 Å². The molecular weight excluding hydrogens is 222 g/mol. The van der Waals surface area contributed by atoms with Crippen LogP contribution in [0.3, 0.4) is 0 Å². The summed E-state index contributed by atoms with van der Waals surface area (Å²) in [6, 6.07) is 4.38. The van der Waals surface area contributed by atoms with Crippen LogP contribution in [0.2, 0.25) is 0 Å². The van der Waals surface area contributed by atoms with Gasteiger partial charge in [0.15, 0.2) is 0 Å². The molecular formula is C15H23N3. The average Bonchev–Trinajstić information content (AvgIpc) is 2.83. The Labute approximate surface area is 109 Å². The van der Waals surface area contributed by atoms with Crippen LogP contribution in [-0.2, 0) is 17.3 Å². The zero-order valence-electron chi connectivity index (χ0n) is 12.0. The molecule has 2 aromatic heterocycles. The molecule has 0 spiro atoms. The lowest BCUT2D eigenvalue weighted by Gasteiger charge is -2.22. The van der Waals surface area contributed by atoms with Crippen LogP contribution < -0.4 is 0 Å². The second-order valence-corrected chi connectivity index (χ2v) is 6.66. The predicted molar refractivity (Wildman–Crippen MR) is 74.8 cm³/mol. The number of nitrogens with zero attached hydrogens (tertiary/aromatic N) is 1. The Balaban J connectivity index is 2.17. The predicted octanol–water partition coefficient (Wildman–Crippen LogP) is 3.56. The summed E-state index contributed by atoms with van der Waals surface area (Å²) >= 11 is 0. The topological polar surface area (TPSA) is 44.5 Å². The molecule has 18 heavy (non-hydrogen) atoms. The van der Waals surface area contributed by atoms with Gasteiger partial charge in [-0.05, 0) is 18.6 Å². The molecule has 2 aromatic rings. The Morgan fingerprint density at radius 1 is 1.11 bits per heavy atom. The number of aromatic amines is 2. The Morgan fingerprint density at radius 3 is 2.33 bits per heavy atom. The fourth-order valence-corrected chi connectivity index (χ4v) is 2.18. The van der Waals surface area contributed by atoms with E-state index in [4.69, 9.17) is 0 Å². The van der Waals surface area contributed by atoms with Gasteiger partial charge in [-0.1, -0.05) is 34.6 Å². The van der Waals surface area contributed by atoms with E-state index in [0.29, 0.717) is 0 Å². The Hall–Kier alpha value is -1.51. The molecule has 3 heteroatoms. The molecule has 0 saturated carbocycles. The summed E-state index contributed by atoms with van der Waals surface area (Å²) < 4.78 is 0. The summed E-state index contributed by atoms with van der Waals surface area (Å²) in [4.78, 5) is 10.9. The molecule has 0 atom stereocenters. The fourth-order valence-electron chi connectivity index (χ4n) is 2.18. The molecule has 2 N–H and O–H groups in total. The highest BCUT2D eigenvalue weighted by Gasteiger charge is 2.24. The van der Waals surface area contributed by atoms with Gasteiger partial charge >= 0.3 is 0 Å². The summed E-state index contributed by atoms with van der Waals surface area (Å²) in [5.74, 6) is 0. The van der Waals surface area contributed by atoms with E-state index in [1.54, 1.807) is 6.33 Å². The van der Waals surface area contributed by atoms with Crippen LogP contribution in [0.15, 0.2) is 24.7 Å². The van der Waals surface area contributed by atoms with E-state index in [-0.39, 0.29) is 10.8 Å². The first-order valence-corrected chi connectivity index (χ1v) is 6.47. The van der Waals surface area contributed by atoms with Gasteiger partial charge in [0.05, 0.1) is 12.0 Å². The molecule has 0 unspecified atom stereocenters. The highest BCUT2D eigenvalue weighted by Crippen LogP contribution is 2.27. The van der Waals surface area contributed by atoms with Gasteiger partial charge < -0.3 is 9.97 Å². The van der Waals surface area contributed by atoms with Crippen molar-refractivity contribution >= 4 is 0 Å². The SMILES string of the molecule is CC(C)(C)c1ccc(CC(C)(C)c2c[nH]cn2)[nH]1. The van der Waals surface area contributed by atoms with Crippen LogP contribution in [0.4, 0.5) is 0 Å². The van der Waals surface area contributed by atoms with Crippen molar-refractivity contribution in [2.75, 3.05) is 0 Å². The average molecular weight is 245 g/mol. The highest BCUT2D eigenvalue weighted by atomic mass is 14.9. The molecule has 0 fully saturated rings. The molecule has 0 aliphatic rings. The van der Waals surface area contributed by atoms with Crippen LogP contribution in [0, 0.1) is 0 Å². The molecule has 0 amide bonds. The Kier molecular flexibility index (Phi) is 3.09. The van der Waals surface area contributed by atoms with Crippen molar-refractivity contribution in [3.63, 3.8) is 0 Å². The molecule has 0 saturated heterocycles. The van der Waals surface area contributed by atoms with Gasteiger partial charge in [0.1, 0.15) is 0 Å². The number of hydrogen-bond donors (Lipinski definition) is 2. The number of H-pyrrole nitrogens is 2. The molecule has 3 nitrogen and oxygen atoms in total. The smallest absolute Gasteiger partial charge is 0.0923 e. The third-order valence-corrected chi connectivity index (χ3v) is 3.38. The number of rotatable bonds is 3. The molecule has 0 aliphatic carbocycles. The van der Waals surface area contributed by atoms with E-state index < -0.39 is 0 Å². The highest BCUT2D eigenvalue weighted by molar-refractivity contribution is 5.23. The maximum atomic E-state index is 4.37. The first-order chi connectivity index (χ1) is 8.29. The third-order valence-electron chi connectivity index (χ3n) is 3.38. The first-order valence-electron chi connectivity index (χ1n) is 6.47. The number of imidazole rings is 1. The zero-order chi connectivity index (χ0) is 13.4. The summed E-state index contributed by atoms with van der Waals surface area (Å²) in [5.41, 5.74) is 3.88. The van der Waals surface area contributed by atoms with Crippen molar-refractivity contribution in [2.45, 2.75) is 51.9 Å². The van der Waals surface area contributed by atoms with Crippen LogP contribution in [0.5, 0.6) is 0 Å².